The maximum Gasteiger partial charge on any atom is 0.226 e. The van der Waals surface area contributed by atoms with E-state index in [1.54, 1.807) is 5.38 Å². The highest BCUT2D eigenvalue weighted by atomic mass is 32.1. The van der Waals surface area contributed by atoms with Crippen molar-refractivity contribution in [3.05, 3.63) is 40.9 Å². The Morgan fingerprint density at radius 1 is 1.35 bits per heavy atom. The van der Waals surface area contributed by atoms with Gasteiger partial charge >= 0.3 is 0 Å². The van der Waals surface area contributed by atoms with Crippen molar-refractivity contribution in [3.63, 3.8) is 0 Å². The first-order valence-corrected chi connectivity index (χ1v) is 7.15. The van der Waals surface area contributed by atoms with Gasteiger partial charge in [-0.3, -0.25) is 4.79 Å². The summed E-state index contributed by atoms with van der Waals surface area (Å²) in [6.45, 7) is 0.520. The summed E-state index contributed by atoms with van der Waals surface area (Å²) in [5.41, 5.74) is 8.45. The SMILES string of the molecule is CN(C)c1ccc(CNC(=O)Cc2csc(N)n2)cc1. The molecule has 20 heavy (non-hydrogen) atoms. The number of nitrogens with two attached hydrogens (primary N) is 1. The molecule has 2 aromatic rings. The summed E-state index contributed by atoms with van der Waals surface area (Å²) in [6, 6.07) is 8.08. The lowest BCUT2D eigenvalue weighted by atomic mass is 10.2. The summed E-state index contributed by atoms with van der Waals surface area (Å²) in [6.07, 6.45) is 0.267. The van der Waals surface area contributed by atoms with Crippen molar-refractivity contribution in [3.8, 4) is 0 Å². The van der Waals surface area contributed by atoms with Crippen molar-refractivity contribution < 1.29 is 4.79 Å². The van der Waals surface area contributed by atoms with Crippen molar-refractivity contribution in [1.29, 1.82) is 0 Å². The fraction of sp³-hybridized carbons (Fsp3) is 0.286. The number of rotatable bonds is 5. The number of nitrogens with one attached hydrogen (secondary N) is 1. The number of hydrogen-bond acceptors (Lipinski definition) is 5. The van der Waals surface area contributed by atoms with Crippen molar-refractivity contribution >= 4 is 28.1 Å². The first-order chi connectivity index (χ1) is 9.54. The van der Waals surface area contributed by atoms with E-state index in [9.17, 15) is 4.79 Å². The molecule has 0 bridgehead atoms. The summed E-state index contributed by atoms with van der Waals surface area (Å²) in [4.78, 5) is 17.9. The molecule has 0 aliphatic rings. The van der Waals surface area contributed by atoms with E-state index in [1.807, 2.05) is 43.3 Å². The van der Waals surface area contributed by atoms with E-state index in [-0.39, 0.29) is 12.3 Å². The van der Waals surface area contributed by atoms with Gasteiger partial charge in [0.1, 0.15) is 0 Å². The highest BCUT2D eigenvalue weighted by Crippen LogP contribution is 2.13. The molecular formula is C14H18N4OS. The largest absolute Gasteiger partial charge is 0.378 e. The Hall–Kier alpha value is -2.08. The molecule has 1 aromatic carbocycles. The summed E-state index contributed by atoms with van der Waals surface area (Å²) >= 11 is 1.35. The number of benzene rings is 1. The third kappa shape index (κ3) is 3.96. The molecule has 1 heterocycles. The Kier molecular flexibility index (Phi) is 4.57. The molecule has 3 N–H and O–H groups in total. The second kappa shape index (κ2) is 6.38. The fourth-order valence-corrected chi connectivity index (χ4v) is 2.31. The maximum absolute atomic E-state index is 11.8. The lowest BCUT2D eigenvalue weighted by Gasteiger charge is -2.12. The van der Waals surface area contributed by atoms with E-state index in [2.05, 4.69) is 10.3 Å². The van der Waals surface area contributed by atoms with Gasteiger partial charge in [0.2, 0.25) is 5.91 Å². The van der Waals surface area contributed by atoms with Crippen LogP contribution in [0.2, 0.25) is 0 Å². The van der Waals surface area contributed by atoms with Gasteiger partial charge in [0, 0.05) is 31.7 Å². The number of anilines is 2. The van der Waals surface area contributed by atoms with Crippen molar-refractivity contribution in [2.24, 2.45) is 0 Å². The molecule has 0 radical (unpaired) electrons. The molecule has 0 saturated carbocycles. The van der Waals surface area contributed by atoms with Gasteiger partial charge in [0.05, 0.1) is 12.1 Å². The lowest BCUT2D eigenvalue weighted by Crippen LogP contribution is -2.24. The Bertz CT molecular complexity index is 577. The minimum absolute atomic E-state index is 0.0491. The Labute approximate surface area is 122 Å². The highest BCUT2D eigenvalue weighted by molar-refractivity contribution is 7.13. The average Bonchev–Trinajstić information content (AvgIpc) is 2.82. The first kappa shape index (κ1) is 14.3. The van der Waals surface area contributed by atoms with E-state index in [0.717, 1.165) is 11.3 Å². The van der Waals surface area contributed by atoms with Crippen LogP contribution in [0.1, 0.15) is 11.3 Å². The van der Waals surface area contributed by atoms with Crippen LogP contribution in [0.15, 0.2) is 29.6 Å². The normalized spacial score (nSPS) is 10.3. The van der Waals surface area contributed by atoms with Gasteiger partial charge in [-0.1, -0.05) is 12.1 Å². The molecule has 0 aliphatic heterocycles. The van der Waals surface area contributed by atoms with Crippen LogP contribution in [0.3, 0.4) is 0 Å². The number of aromatic nitrogens is 1. The van der Waals surface area contributed by atoms with Crippen LogP contribution in [0, 0.1) is 0 Å². The Morgan fingerprint density at radius 2 is 2.05 bits per heavy atom. The average molecular weight is 290 g/mol. The van der Waals surface area contributed by atoms with Gasteiger partial charge in [-0.2, -0.15) is 0 Å². The molecular weight excluding hydrogens is 272 g/mol. The summed E-state index contributed by atoms with van der Waals surface area (Å²) < 4.78 is 0. The van der Waals surface area contributed by atoms with Crippen LogP contribution in [-0.2, 0) is 17.8 Å². The van der Waals surface area contributed by atoms with Crippen LogP contribution in [0.25, 0.3) is 0 Å². The van der Waals surface area contributed by atoms with Crippen LogP contribution < -0.4 is 16.0 Å². The van der Waals surface area contributed by atoms with Crippen LogP contribution >= 0.6 is 11.3 Å². The van der Waals surface area contributed by atoms with E-state index in [1.165, 1.54) is 11.3 Å². The summed E-state index contributed by atoms with van der Waals surface area (Å²) in [5, 5.41) is 5.18. The van der Waals surface area contributed by atoms with E-state index in [4.69, 9.17) is 5.73 Å². The van der Waals surface area contributed by atoms with Gasteiger partial charge in [-0.25, -0.2) is 4.98 Å². The van der Waals surface area contributed by atoms with Crippen molar-refractivity contribution in [2.75, 3.05) is 24.7 Å². The third-order valence-corrected chi connectivity index (χ3v) is 3.58. The number of nitrogens with zero attached hydrogens (tertiary/aromatic N) is 2. The monoisotopic (exact) mass is 290 g/mol. The molecule has 0 atom stereocenters. The first-order valence-electron chi connectivity index (χ1n) is 6.27. The van der Waals surface area contributed by atoms with E-state index >= 15 is 0 Å². The molecule has 6 heteroatoms. The van der Waals surface area contributed by atoms with Crippen LogP contribution in [-0.4, -0.2) is 25.0 Å². The number of hydrogen-bond donors (Lipinski definition) is 2. The minimum Gasteiger partial charge on any atom is -0.378 e. The Morgan fingerprint density at radius 3 is 2.60 bits per heavy atom. The predicted octanol–water partition coefficient (Wildman–Crippen LogP) is 1.65. The summed E-state index contributed by atoms with van der Waals surface area (Å²) in [5.74, 6) is -0.0491. The fourth-order valence-electron chi connectivity index (χ4n) is 1.74. The standard InChI is InChI=1S/C14H18N4OS/c1-18(2)12-5-3-10(4-6-12)8-16-13(19)7-11-9-20-14(15)17-11/h3-6,9H,7-8H2,1-2H3,(H2,15,17)(H,16,19). The van der Waals surface area contributed by atoms with Gasteiger partial charge in [-0.15, -0.1) is 11.3 Å². The summed E-state index contributed by atoms with van der Waals surface area (Å²) in [7, 11) is 3.99. The number of carbonyl (C=O) groups excluding carboxylic acids is 1. The molecule has 0 unspecified atom stereocenters. The number of carbonyl (C=O) groups is 1. The second-order valence-corrected chi connectivity index (χ2v) is 5.58. The second-order valence-electron chi connectivity index (χ2n) is 4.69. The van der Waals surface area contributed by atoms with Gasteiger partial charge in [0.25, 0.3) is 0 Å². The molecule has 2 rings (SSSR count). The molecule has 5 nitrogen and oxygen atoms in total. The van der Waals surface area contributed by atoms with Gasteiger partial charge in [0.15, 0.2) is 5.13 Å². The zero-order chi connectivity index (χ0) is 14.5. The van der Waals surface area contributed by atoms with Crippen LogP contribution in [0.5, 0.6) is 0 Å². The highest BCUT2D eigenvalue weighted by Gasteiger charge is 2.06. The molecule has 106 valence electrons. The molecule has 0 spiro atoms. The zero-order valence-electron chi connectivity index (χ0n) is 11.6. The van der Waals surface area contributed by atoms with Crippen molar-refractivity contribution in [1.82, 2.24) is 10.3 Å². The topological polar surface area (TPSA) is 71.2 Å². The quantitative estimate of drug-likeness (QED) is 0.878. The third-order valence-electron chi connectivity index (χ3n) is 2.85. The van der Waals surface area contributed by atoms with E-state index < -0.39 is 0 Å². The van der Waals surface area contributed by atoms with Crippen LogP contribution in [0.4, 0.5) is 10.8 Å². The maximum atomic E-state index is 11.8. The molecule has 0 saturated heterocycles. The van der Waals surface area contributed by atoms with Gasteiger partial charge < -0.3 is 16.0 Å². The molecule has 1 aromatic heterocycles. The molecule has 1 amide bonds. The van der Waals surface area contributed by atoms with Crippen molar-refractivity contribution in [2.45, 2.75) is 13.0 Å². The zero-order valence-corrected chi connectivity index (χ0v) is 12.4. The van der Waals surface area contributed by atoms with E-state index in [0.29, 0.717) is 17.4 Å². The number of nitrogen functional groups attached to an aromatic ring is 1. The lowest BCUT2D eigenvalue weighted by molar-refractivity contribution is -0.120. The van der Waals surface area contributed by atoms with Gasteiger partial charge in [-0.05, 0) is 17.7 Å². The molecule has 0 fully saturated rings. The minimum atomic E-state index is -0.0491. The Balaban J connectivity index is 1.83. The smallest absolute Gasteiger partial charge is 0.226 e. The predicted molar refractivity (Wildman–Crippen MR) is 82.8 cm³/mol. The molecule has 0 aliphatic carbocycles. The number of amides is 1. The number of thiazole rings is 1.